The fourth-order valence-electron chi connectivity index (χ4n) is 4.99. The first kappa shape index (κ1) is 19.6. The highest BCUT2D eigenvalue weighted by molar-refractivity contribution is 7.13. The van der Waals surface area contributed by atoms with Gasteiger partial charge < -0.3 is 14.2 Å². The van der Waals surface area contributed by atoms with E-state index in [0.717, 1.165) is 37.3 Å². The number of fused-ring (bicyclic) bond motifs is 1. The fraction of sp³-hybridized carbons (Fsp3) is 0.667. The fourth-order valence-corrected chi connectivity index (χ4v) is 5.64. The molecule has 4 rings (SSSR count). The number of carbonyl (C=O) groups excluding carboxylic acids is 1. The van der Waals surface area contributed by atoms with Crippen molar-refractivity contribution in [2.24, 2.45) is 11.3 Å². The van der Waals surface area contributed by atoms with Crippen LogP contribution in [0.15, 0.2) is 22.0 Å². The molecule has 2 aromatic heterocycles. The van der Waals surface area contributed by atoms with Gasteiger partial charge >= 0.3 is 0 Å². The number of hydrogen-bond acceptors (Lipinski definition) is 6. The molecule has 2 aliphatic rings. The molecule has 1 saturated carbocycles. The Labute approximate surface area is 170 Å². The van der Waals surface area contributed by atoms with Gasteiger partial charge in [0.05, 0.1) is 11.0 Å². The molecule has 0 spiro atoms. The summed E-state index contributed by atoms with van der Waals surface area (Å²) in [5.74, 6) is 1.97. The van der Waals surface area contributed by atoms with Gasteiger partial charge in [0.2, 0.25) is 17.6 Å². The first-order valence-corrected chi connectivity index (χ1v) is 11.2. The lowest BCUT2D eigenvalue weighted by atomic mass is 9.56. The van der Waals surface area contributed by atoms with Crippen molar-refractivity contribution < 1.29 is 14.1 Å². The van der Waals surface area contributed by atoms with E-state index in [9.17, 15) is 4.79 Å². The summed E-state index contributed by atoms with van der Waals surface area (Å²) >= 11 is 1.59. The maximum absolute atomic E-state index is 13.0. The van der Waals surface area contributed by atoms with E-state index in [1.165, 1.54) is 0 Å². The predicted octanol–water partition coefficient (Wildman–Crippen LogP) is 4.17. The average Bonchev–Trinajstić information content (AvgIpc) is 3.41. The molecule has 7 heteroatoms. The monoisotopic (exact) mass is 403 g/mol. The standard InChI is InChI=1S/C21H29N3O3S/c1-4-11-24(18-14-10-12-26-19(14)21(18,2)3)17(25)9-5-8-16-22-20(23-27-16)15-7-6-13-28-15/h6-7,13-14,18-19H,4-5,8-12H2,1-3H3/t14-,18+,19+/m0/s1. The second kappa shape index (κ2) is 7.95. The Morgan fingerprint density at radius 2 is 2.29 bits per heavy atom. The third kappa shape index (κ3) is 3.50. The van der Waals surface area contributed by atoms with Crippen molar-refractivity contribution in [1.29, 1.82) is 0 Å². The van der Waals surface area contributed by atoms with Gasteiger partial charge in [-0.25, -0.2) is 0 Å². The van der Waals surface area contributed by atoms with Gasteiger partial charge in [-0.15, -0.1) is 11.3 Å². The first-order valence-electron chi connectivity index (χ1n) is 10.3. The SMILES string of the molecule is CCCN(C(=O)CCCc1nc(-c2cccs2)no1)[C@@H]1[C@@H]2CCO[C@H]2C1(C)C. The normalized spacial score (nSPS) is 25.3. The Balaban J connectivity index is 1.34. The van der Waals surface area contributed by atoms with Gasteiger partial charge in [0.25, 0.3) is 0 Å². The molecule has 2 fully saturated rings. The molecular weight excluding hydrogens is 374 g/mol. The molecule has 152 valence electrons. The molecule has 1 saturated heterocycles. The highest BCUT2D eigenvalue weighted by Crippen LogP contribution is 2.54. The van der Waals surface area contributed by atoms with Crippen LogP contribution in [0.5, 0.6) is 0 Å². The lowest BCUT2D eigenvalue weighted by Crippen LogP contribution is -2.67. The van der Waals surface area contributed by atoms with E-state index in [-0.39, 0.29) is 11.3 Å². The second-order valence-corrected chi connectivity index (χ2v) is 9.39. The second-order valence-electron chi connectivity index (χ2n) is 8.44. The summed E-state index contributed by atoms with van der Waals surface area (Å²) in [6, 6.07) is 4.24. The predicted molar refractivity (Wildman–Crippen MR) is 108 cm³/mol. The molecule has 0 N–H and O–H groups in total. The van der Waals surface area contributed by atoms with Crippen LogP contribution in [0.25, 0.3) is 10.7 Å². The van der Waals surface area contributed by atoms with Gasteiger partial charge in [0.15, 0.2) is 0 Å². The van der Waals surface area contributed by atoms with Crippen molar-refractivity contribution in [3.8, 4) is 10.7 Å². The molecule has 1 aliphatic carbocycles. The summed E-state index contributed by atoms with van der Waals surface area (Å²) in [6.07, 6.45) is 4.22. The van der Waals surface area contributed by atoms with E-state index in [1.807, 2.05) is 17.5 Å². The molecule has 0 unspecified atom stereocenters. The van der Waals surface area contributed by atoms with Crippen molar-refractivity contribution in [3.05, 3.63) is 23.4 Å². The van der Waals surface area contributed by atoms with E-state index in [4.69, 9.17) is 9.26 Å². The van der Waals surface area contributed by atoms with Crippen molar-refractivity contribution in [1.82, 2.24) is 15.0 Å². The maximum atomic E-state index is 13.0. The number of thiophene rings is 1. The molecule has 1 aliphatic heterocycles. The number of rotatable bonds is 8. The molecule has 3 atom stereocenters. The van der Waals surface area contributed by atoms with Gasteiger partial charge in [-0.1, -0.05) is 32.0 Å². The molecule has 28 heavy (non-hydrogen) atoms. The van der Waals surface area contributed by atoms with Crippen LogP contribution in [0.1, 0.15) is 52.3 Å². The minimum atomic E-state index is 0.0358. The Morgan fingerprint density at radius 3 is 3.04 bits per heavy atom. The van der Waals surface area contributed by atoms with E-state index < -0.39 is 0 Å². The smallest absolute Gasteiger partial charge is 0.226 e. The zero-order valence-corrected chi connectivity index (χ0v) is 17.7. The summed E-state index contributed by atoms with van der Waals surface area (Å²) in [4.78, 5) is 20.6. The lowest BCUT2D eigenvalue weighted by Gasteiger charge is -2.58. The molecule has 0 bridgehead atoms. The molecule has 3 heterocycles. The van der Waals surface area contributed by atoms with Crippen LogP contribution >= 0.6 is 11.3 Å². The van der Waals surface area contributed by atoms with Crippen LogP contribution in [0.2, 0.25) is 0 Å². The first-order chi connectivity index (χ1) is 13.5. The molecule has 1 amide bonds. The van der Waals surface area contributed by atoms with Crippen molar-refractivity contribution in [3.63, 3.8) is 0 Å². The summed E-state index contributed by atoms with van der Waals surface area (Å²) in [5.41, 5.74) is 0.0358. The van der Waals surface area contributed by atoms with Crippen LogP contribution < -0.4 is 0 Å². The minimum Gasteiger partial charge on any atom is -0.377 e. The largest absolute Gasteiger partial charge is 0.377 e. The average molecular weight is 404 g/mol. The Kier molecular flexibility index (Phi) is 5.56. The van der Waals surface area contributed by atoms with E-state index in [1.54, 1.807) is 11.3 Å². The van der Waals surface area contributed by atoms with Crippen LogP contribution in [0.3, 0.4) is 0 Å². The molecule has 0 aromatic carbocycles. The van der Waals surface area contributed by atoms with E-state index in [2.05, 4.69) is 35.8 Å². The Morgan fingerprint density at radius 1 is 1.43 bits per heavy atom. The number of nitrogens with zero attached hydrogens (tertiary/aromatic N) is 3. The third-order valence-corrected chi connectivity index (χ3v) is 7.02. The Hall–Kier alpha value is -1.73. The zero-order valence-electron chi connectivity index (χ0n) is 16.9. The number of carbonyl (C=O) groups is 1. The van der Waals surface area contributed by atoms with Crippen LogP contribution in [-0.4, -0.2) is 46.2 Å². The van der Waals surface area contributed by atoms with Gasteiger partial charge in [-0.05, 0) is 30.7 Å². The number of hydrogen-bond donors (Lipinski definition) is 0. The van der Waals surface area contributed by atoms with Crippen molar-refractivity contribution in [2.45, 2.75) is 65.0 Å². The Bertz CT molecular complexity index is 802. The van der Waals surface area contributed by atoms with Gasteiger partial charge in [-0.3, -0.25) is 4.79 Å². The summed E-state index contributed by atoms with van der Waals surface area (Å²) in [5, 5.41) is 6.04. The van der Waals surface area contributed by atoms with E-state index in [0.29, 0.717) is 42.6 Å². The number of amides is 1. The quantitative estimate of drug-likeness (QED) is 0.662. The van der Waals surface area contributed by atoms with Gasteiger partial charge in [0, 0.05) is 43.4 Å². The van der Waals surface area contributed by atoms with Crippen molar-refractivity contribution in [2.75, 3.05) is 13.2 Å². The molecule has 6 nitrogen and oxygen atoms in total. The minimum absolute atomic E-state index is 0.0358. The van der Waals surface area contributed by atoms with Crippen molar-refractivity contribution >= 4 is 17.2 Å². The summed E-state index contributed by atoms with van der Waals surface area (Å²) < 4.78 is 11.3. The molecule has 0 radical (unpaired) electrons. The summed E-state index contributed by atoms with van der Waals surface area (Å²) in [6.45, 7) is 8.26. The third-order valence-electron chi connectivity index (χ3n) is 6.15. The zero-order chi connectivity index (χ0) is 19.7. The molecular formula is C21H29N3O3S. The number of aromatic nitrogens is 2. The molecule has 2 aromatic rings. The number of aryl methyl sites for hydroxylation is 1. The van der Waals surface area contributed by atoms with Crippen LogP contribution in [0.4, 0.5) is 0 Å². The van der Waals surface area contributed by atoms with Gasteiger partial charge in [0.1, 0.15) is 0 Å². The highest BCUT2D eigenvalue weighted by atomic mass is 32.1. The number of ether oxygens (including phenoxy) is 1. The van der Waals surface area contributed by atoms with Gasteiger partial charge in [-0.2, -0.15) is 4.98 Å². The maximum Gasteiger partial charge on any atom is 0.226 e. The summed E-state index contributed by atoms with van der Waals surface area (Å²) in [7, 11) is 0. The highest BCUT2D eigenvalue weighted by Gasteiger charge is 2.61. The van der Waals surface area contributed by atoms with Crippen LogP contribution in [-0.2, 0) is 16.0 Å². The van der Waals surface area contributed by atoms with E-state index >= 15 is 0 Å². The lowest BCUT2D eigenvalue weighted by molar-refractivity contribution is -0.171. The topological polar surface area (TPSA) is 68.5 Å². The van der Waals surface area contributed by atoms with Crippen LogP contribution in [0, 0.1) is 11.3 Å².